The lowest BCUT2D eigenvalue weighted by Gasteiger charge is -2.12. The Balaban J connectivity index is 3.07. The Hall–Kier alpha value is -0.410. The van der Waals surface area contributed by atoms with Crippen LogP contribution in [0.1, 0.15) is 13.8 Å². The molecule has 0 fully saturated rings. The van der Waals surface area contributed by atoms with Gasteiger partial charge in [0.2, 0.25) is 0 Å². The Kier molecular flexibility index (Phi) is 4.55. The van der Waals surface area contributed by atoms with Crippen molar-refractivity contribution < 1.29 is 9.47 Å². The first-order valence-electron chi connectivity index (χ1n) is 4.43. The molecule has 0 amide bonds. The summed E-state index contributed by atoms with van der Waals surface area (Å²) in [7, 11) is 0. The van der Waals surface area contributed by atoms with Gasteiger partial charge >= 0.3 is 0 Å². The Morgan fingerprint density at radius 1 is 1.21 bits per heavy atom. The van der Waals surface area contributed by atoms with E-state index in [1.54, 1.807) is 6.07 Å². The molecule has 2 nitrogen and oxygen atoms in total. The van der Waals surface area contributed by atoms with Gasteiger partial charge in [0.25, 0.3) is 0 Å². The third-order valence-corrected chi connectivity index (χ3v) is 2.30. The summed E-state index contributed by atoms with van der Waals surface area (Å²) in [6.45, 7) is 4.99. The molecule has 1 rings (SSSR count). The molecule has 0 unspecified atom stereocenters. The highest BCUT2D eigenvalue weighted by atomic mass is 79.9. The Morgan fingerprint density at radius 2 is 1.86 bits per heavy atom. The Labute approximate surface area is 97.3 Å². The van der Waals surface area contributed by atoms with Gasteiger partial charge in [-0.3, -0.25) is 0 Å². The summed E-state index contributed by atoms with van der Waals surface area (Å²) in [5.41, 5.74) is 0. The first-order valence-corrected chi connectivity index (χ1v) is 5.60. The van der Waals surface area contributed by atoms with E-state index in [0.29, 0.717) is 29.7 Å². The van der Waals surface area contributed by atoms with Crippen molar-refractivity contribution in [2.75, 3.05) is 13.2 Å². The zero-order chi connectivity index (χ0) is 10.6. The molecule has 14 heavy (non-hydrogen) atoms. The van der Waals surface area contributed by atoms with Crippen LogP contribution in [-0.2, 0) is 0 Å². The van der Waals surface area contributed by atoms with Crippen molar-refractivity contribution >= 4 is 27.5 Å². The van der Waals surface area contributed by atoms with Crippen LogP contribution in [0.5, 0.6) is 11.5 Å². The van der Waals surface area contributed by atoms with Crippen molar-refractivity contribution in [1.29, 1.82) is 0 Å². The molecular formula is C10H12BrClO2. The summed E-state index contributed by atoms with van der Waals surface area (Å²) >= 11 is 9.36. The SMILES string of the molecule is CCOc1cc(Br)cc(Cl)c1OCC. The van der Waals surface area contributed by atoms with Gasteiger partial charge in [0.05, 0.1) is 18.2 Å². The minimum atomic E-state index is 0.560. The zero-order valence-corrected chi connectivity index (χ0v) is 10.5. The lowest BCUT2D eigenvalue weighted by atomic mass is 10.3. The molecule has 78 valence electrons. The fraction of sp³-hybridized carbons (Fsp3) is 0.400. The van der Waals surface area contributed by atoms with Crippen LogP contribution in [0.25, 0.3) is 0 Å². The second-order valence-corrected chi connectivity index (χ2v) is 3.90. The van der Waals surface area contributed by atoms with Gasteiger partial charge in [-0.05, 0) is 26.0 Å². The largest absolute Gasteiger partial charge is 0.490 e. The highest BCUT2D eigenvalue weighted by molar-refractivity contribution is 9.10. The molecule has 0 spiro atoms. The van der Waals surface area contributed by atoms with Gasteiger partial charge in [-0.1, -0.05) is 27.5 Å². The van der Waals surface area contributed by atoms with Crippen LogP contribution in [0.2, 0.25) is 5.02 Å². The molecular weight excluding hydrogens is 267 g/mol. The number of hydrogen-bond acceptors (Lipinski definition) is 2. The smallest absolute Gasteiger partial charge is 0.179 e. The van der Waals surface area contributed by atoms with E-state index in [4.69, 9.17) is 21.1 Å². The molecule has 0 bridgehead atoms. The highest BCUT2D eigenvalue weighted by Gasteiger charge is 2.10. The van der Waals surface area contributed by atoms with Crippen molar-refractivity contribution in [3.63, 3.8) is 0 Å². The Morgan fingerprint density at radius 3 is 2.43 bits per heavy atom. The summed E-state index contributed by atoms with van der Waals surface area (Å²) in [5, 5.41) is 0.560. The average molecular weight is 280 g/mol. The van der Waals surface area contributed by atoms with Gasteiger partial charge in [-0.2, -0.15) is 0 Å². The van der Waals surface area contributed by atoms with Crippen molar-refractivity contribution in [2.45, 2.75) is 13.8 Å². The van der Waals surface area contributed by atoms with Crippen molar-refractivity contribution in [3.8, 4) is 11.5 Å². The third kappa shape index (κ3) is 2.79. The number of hydrogen-bond donors (Lipinski definition) is 0. The van der Waals surface area contributed by atoms with E-state index in [2.05, 4.69) is 15.9 Å². The number of benzene rings is 1. The van der Waals surface area contributed by atoms with Crippen LogP contribution in [0.3, 0.4) is 0 Å². The summed E-state index contributed by atoms with van der Waals surface area (Å²) in [6.07, 6.45) is 0. The number of halogens is 2. The normalized spacial score (nSPS) is 10.0. The number of ether oxygens (including phenoxy) is 2. The van der Waals surface area contributed by atoms with Crippen LogP contribution in [0.4, 0.5) is 0 Å². The van der Waals surface area contributed by atoms with E-state index < -0.39 is 0 Å². The van der Waals surface area contributed by atoms with Crippen LogP contribution in [-0.4, -0.2) is 13.2 Å². The average Bonchev–Trinajstić information content (AvgIpc) is 2.11. The van der Waals surface area contributed by atoms with Crippen LogP contribution in [0.15, 0.2) is 16.6 Å². The fourth-order valence-corrected chi connectivity index (χ4v) is 1.92. The van der Waals surface area contributed by atoms with Gasteiger partial charge in [0.15, 0.2) is 11.5 Å². The third-order valence-electron chi connectivity index (χ3n) is 1.56. The van der Waals surface area contributed by atoms with Crippen molar-refractivity contribution in [2.24, 2.45) is 0 Å². The molecule has 0 saturated heterocycles. The maximum Gasteiger partial charge on any atom is 0.179 e. The van der Waals surface area contributed by atoms with E-state index in [-0.39, 0.29) is 0 Å². The van der Waals surface area contributed by atoms with E-state index in [1.165, 1.54) is 0 Å². The Bertz CT molecular complexity index is 315. The first kappa shape index (κ1) is 11.7. The van der Waals surface area contributed by atoms with Crippen LogP contribution >= 0.6 is 27.5 Å². The summed E-state index contributed by atoms with van der Waals surface area (Å²) in [4.78, 5) is 0. The quantitative estimate of drug-likeness (QED) is 0.832. The van der Waals surface area contributed by atoms with E-state index in [0.717, 1.165) is 4.47 Å². The van der Waals surface area contributed by atoms with E-state index >= 15 is 0 Å². The zero-order valence-electron chi connectivity index (χ0n) is 8.14. The lowest BCUT2D eigenvalue weighted by molar-refractivity contribution is 0.288. The molecule has 0 heterocycles. The summed E-state index contributed by atoms with van der Waals surface area (Å²) in [6, 6.07) is 3.63. The monoisotopic (exact) mass is 278 g/mol. The second-order valence-electron chi connectivity index (χ2n) is 2.58. The first-order chi connectivity index (χ1) is 6.69. The van der Waals surface area contributed by atoms with Gasteiger partial charge in [0.1, 0.15) is 0 Å². The standard InChI is InChI=1S/C10H12BrClO2/c1-3-13-9-6-7(11)5-8(12)10(9)14-4-2/h5-6H,3-4H2,1-2H3. The molecule has 0 aliphatic carbocycles. The van der Waals surface area contributed by atoms with Crippen molar-refractivity contribution in [3.05, 3.63) is 21.6 Å². The van der Waals surface area contributed by atoms with E-state index in [1.807, 2.05) is 19.9 Å². The minimum absolute atomic E-state index is 0.560. The maximum atomic E-state index is 6.01. The van der Waals surface area contributed by atoms with Crippen LogP contribution in [0, 0.1) is 0 Å². The van der Waals surface area contributed by atoms with Gasteiger partial charge in [0, 0.05) is 4.47 Å². The molecule has 0 N–H and O–H groups in total. The highest BCUT2D eigenvalue weighted by Crippen LogP contribution is 2.38. The lowest BCUT2D eigenvalue weighted by Crippen LogP contribution is -1.98. The van der Waals surface area contributed by atoms with Crippen molar-refractivity contribution in [1.82, 2.24) is 0 Å². The maximum absolute atomic E-state index is 6.01. The molecule has 4 heteroatoms. The molecule has 0 aliphatic rings. The second kappa shape index (κ2) is 5.47. The predicted molar refractivity (Wildman–Crippen MR) is 61.5 cm³/mol. The molecule has 1 aromatic carbocycles. The summed E-state index contributed by atoms with van der Waals surface area (Å²) < 4.78 is 11.7. The molecule has 0 saturated carbocycles. The van der Waals surface area contributed by atoms with Gasteiger partial charge in [-0.25, -0.2) is 0 Å². The van der Waals surface area contributed by atoms with Crippen LogP contribution < -0.4 is 9.47 Å². The molecule has 0 radical (unpaired) electrons. The molecule has 0 atom stereocenters. The molecule has 0 aliphatic heterocycles. The minimum Gasteiger partial charge on any atom is -0.490 e. The van der Waals surface area contributed by atoms with E-state index in [9.17, 15) is 0 Å². The fourth-order valence-electron chi connectivity index (χ4n) is 1.08. The topological polar surface area (TPSA) is 18.5 Å². The van der Waals surface area contributed by atoms with Gasteiger partial charge in [-0.15, -0.1) is 0 Å². The molecule has 0 aromatic heterocycles. The predicted octanol–water partition coefficient (Wildman–Crippen LogP) is 3.90. The summed E-state index contributed by atoms with van der Waals surface area (Å²) in [5.74, 6) is 1.29. The molecule has 1 aromatic rings. The van der Waals surface area contributed by atoms with Gasteiger partial charge < -0.3 is 9.47 Å². The number of rotatable bonds is 4.